The van der Waals surface area contributed by atoms with Crippen LogP contribution in [0.2, 0.25) is 0 Å². The number of rotatable bonds is 23. The van der Waals surface area contributed by atoms with Gasteiger partial charge >= 0.3 is 18.2 Å². The van der Waals surface area contributed by atoms with Crippen LogP contribution in [0.15, 0.2) is 11.6 Å². The Morgan fingerprint density at radius 1 is 0.742 bits per heavy atom. The van der Waals surface area contributed by atoms with Crippen molar-refractivity contribution in [3.63, 3.8) is 0 Å². The molecule has 0 bridgehead atoms. The molecule has 0 spiro atoms. The smallest absolute Gasteiger partial charge is 0.407 e. The van der Waals surface area contributed by atoms with E-state index in [1.54, 1.807) is 4.90 Å². The molecule has 7 unspecified atom stereocenters. The minimum Gasteiger partial charge on any atom is -0.461 e. The topological polar surface area (TPSA) is 123 Å². The molecule has 0 heterocycles. The van der Waals surface area contributed by atoms with Gasteiger partial charge < -0.3 is 29.7 Å². The van der Waals surface area contributed by atoms with Crippen molar-refractivity contribution in [3.05, 3.63) is 11.6 Å². The Kier molecular flexibility index (Phi) is 20.0. The van der Waals surface area contributed by atoms with E-state index in [0.717, 1.165) is 100 Å². The van der Waals surface area contributed by atoms with E-state index in [1.165, 1.54) is 63.4 Å². The second-order valence-electron chi connectivity index (χ2n) is 22.7. The molecule has 0 saturated heterocycles. The molecule has 0 radical (unpaired) electrons. The third kappa shape index (κ3) is 16.3. The summed E-state index contributed by atoms with van der Waals surface area (Å²) in [6.07, 6.45) is 25.0. The maximum absolute atomic E-state index is 13.6. The summed E-state index contributed by atoms with van der Waals surface area (Å²) in [4.78, 5) is 52.8. The van der Waals surface area contributed by atoms with Gasteiger partial charge in [0.15, 0.2) is 0 Å². The first-order valence-corrected chi connectivity index (χ1v) is 25.3. The standard InChI is InChI=1S/C52H91N3O7/c1-38(2)22-17-18-23-39-26-28-43-42-27-25-40-36-41(29-31-52(40,10)44(42)30-32-51(39,43)9)60-46(57)37-55(45(56)24-16-15-20-34-54-48(59)62-50(6,7)8)35-21-14-12-11-13-19-33-53-47(58)61-49(3,4)5/h25,38-39,41-44H,11-24,26-37H2,1-10H3,(H,53,58)(H,54,59). The van der Waals surface area contributed by atoms with Gasteiger partial charge in [0.25, 0.3) is 0 Å². The Bertz CT molecular complexity index is 1460. The van der Waals surface area contributed by atoms with Gasteiger partial charge in [-0.3, -0.25) is 9.59 Å². The van der Waals surface area contributed by atoms with E-state index in [2.05, 4.69) is 44.4 Å². The number of hydrogen-bond acceptors (Lipinski definition) is 7. The molecule has 0 aromatic carbocycles. The molecule has 62 heavy (non-hydrogen) atoms. The van der Waals surface area contributed by atoms with Crippen LogP contribution >= 0.6 is 0 Å². The van der Waals surface area contributed by atoms with Crippen molar-refractivity contribution in [3.8, 4) is 0 Å². The minimum absolute atomic E-state index is 0.00815. The molecule has 3 saturated carbocycles. The highest BCUT2D eigenvalue weighted by molar-refractivity contribution is 5.82. The third-order valence-corrected chi connectivity index (χ3v) is 15.1. The zero-order chi connectivity index (χ0) is 45.6. The highest BCUT2D eigenvalue weighted by Crippen LogP contribution is 2.67. The van der Waals surface area contributed by atoms with E-state index >= 15 is 0 Å². The minimum atomic E-state index is -0.542. The van der Waals surface area contributed by atoms with E-state index in [9.17, 15) is 19.2 Å². The molecule has 4 aliphatic rings. The summed E-state index contributed by atoms with van der Waals surface area (Å²) in [5.41, 5.74) is 1.17. The van der Waals surface area contributed by atoms with Crippen molar-refractivity contribution >= 4 is 24.1 Å². The number of unbranched alkanes of at least 4 members (excludes halogenated alkanes) is 8. The van der Waals surface area contributed by atoms with Crippen LogP contribution < -0.4 is 10.6 Å². The first kappa shape index (κ1) is 51.9. The molecule has 10 heteroatoms. The molecule has 10 nitrogen and oxygen atoms in total. The SMILES string of the molecule is CC(C)CCCCC1CCC2C3CC=C4CC(OC(=O)CN(CCCCCCCCNC(=O)OC(C)(C)C)C(=O)CCCCCNC(=O)OC(C)(C)C)CCC4(C)C3CCC12C. The number of alkyl carbamates (subject to hydrolysis) is 2. The van der Waals surface area contributed by atoms with Gasteiger partial charge in [-0.1, -0.05) is 90.7 Å². The lowest BCUT2D eigenvalue weighted by atomic mass is 9.47. The average molecular weight is 870 g/mol. The molecular weight excluding hydrogens is 779 g/mol. The van der Waals surface area contributed by atoms with Crippen molar-refractivity contribution in [2.75, 3.05) is 26.2 Å². The predicted molar refractivity (Wildman–Crippen MR) is 250 cm³/mol. The van der Waals surface area contributed by atoms with Crippen molar-refractivity contribution < 1.29 is 33.4 Å². The molecular formula is C52H91N3O7. The van der Waals surface area contributed by atoms with Crippen LogP contribution in [0.25, 0.3) is 0 Å². The van der Waals surface area contributed by atoms with Crippen LogP contribution in [0, 0.1) is 40.4 Å². The summed E-state index contributed by atoms with van der Waals surface area (Å²) in [5, 5.41) is 5.62. The summed E-state index contributed by atoms with van der Waals surface area (Å²) in [6, 6.07) is 0. The lowest BCUT2D eigenvalue weighted by Crippen LogP contribution is -2.50. The molecule has 7 atom stereocenters. The van der Waals surface area contributed by atoms with E-state index < -0.39 is 17.3 Å². The highest BCUT2D eigenvalue weighted by Gasteiger charge is 2.58. The van der Waals surface area contributed by atoms with E-state index in [-0.39, 0.29) is 36.0 Å². The summed E-state index contributed by atoms with van der Waals surface area (Å²) in [5.74, 6) is 3.74. The number of carbonyl (C=O) groups is 4. The van der Waals surface area contributed by atoms with Gasteiger partial charge in [0.2, 0.25) is 5.91 Å². The van der Waals surface area contributed by atoms with Crippen LogP contribution in [-0.2, 0) is 23.8 Å². The van der Waals surface area contributed by atoms with Crippen LogP contribution in [0.1, 0.15) is 210 Å². The second-order valence-corrected chi connectivity index (χ2v) is 22.7. The van der Waals surface area contributed by atoms with E-state index in [0.29, 0.717) is 37.9 Å². The van der Waals surface area contributed by atoms with Crippen LogP contribution in [0.4, 0.5) is 9.59 Å². The summed E-state index contributed by atoms with van der Waals surface area (Å²) in [7, 11) is 0. The van der Waals surface area contributed by atoms with Gasteiger partial charge in [0, 0.05) is 32.5 Å². The normalized spacial score (nSPS) is 27.0. The molecule has 3 fully saturated rings. The first-order chi connectivity index (χ1) is 29.2. The number of amides is 3. The number of ether oxygens (including phenoxy) is 3. The quantitative estimate of drug-likeness (QED) is 0.0453. The van der Waals surface area contributed by atoms with Crippen LogP contribution in [0.3, 0.4) is 0 Å². The van der Waals surface area contributed by atoms with Crippen LogP contribution in [0.5, 0.6) is 0 Å². The number of carbonyl (C=O) groups excluding carboxylic acids is 4. The molecule has 4 rings (SSSR count). The number of esters is 1. The zero-order valence-electron chi connectivity index (χ0n) is 41.2. The molecule has 0 aromatic heterocycles. The summed E-state index contributed by atoms with van der Waals surface area (Å²) >= 11 is 0. The van der Waals surface area contributed by atoms with Gasteiger partial charge in [0.05, 0.1) is 0 Å². The van der Waals surface area contributed by atoms with Crippen molar-refractivity contribution in [1.82, 2.24) is 15.5 Å². The second kappa shape index (κ2) is 23.9. The lowest BCUT2D eigenvalue weighted by molar-refractivity contribution is -0.156. The van der Waals surface area contributed by atoms with Gasteiger partial charge in [-0.05, 0) is 159 Å². The Balaban J connectivity index is 1.25. The number of fused-ring (bicyclic) bond motifs is 5. The number of nitrogens with one attached hydrogen (secondary N) is 2. The van der Waals surface area contributed by atoms with E-state index in [1.807, 2.05) is 41.5 Å². The molecule has 2 N–H and O–H groups in total. The lowest BCUT2D eigenvalue weighted by Gasteiger charge is -2.58. The molecule has 3 amide bonds. The van der Waals surface area contributed by atoms with Crippen molar-refractivity contribution in [1.29, 1.82) is 0 Å². The van der Waals surface area contributed by atoms with Gasteiger partial charge in [-0.2, -0.15) is 0 Å². The molecule has 0 aromatic rings. The largest absolute Gasteiger partial charge is 0.461 e. The summed E-state index contributed by atoms with van der Waals surface area (Å²) < 4.78 is 16.9. The zero-order valence-corrected chi connectivity index (χ0v) is 41.2. The van der Waals surface area contributed by atoms with Crippen molar-refractivity contribution in [2.24, 2.45) is 40.4 Å². The summed E-state index contributed by atoms with van der Waals surface area (Å²) in [6.45, 7) is 22.6. The highest BCUT2D eigenvalue weighted by atomic mass is 16.6. The Hall–Kier alpha value is -2.78. The Morgan fingerprint density at radius 2 is 1.35 bits per heavy atom. The number of allylic oxidation sites excluding steroid dienone is 1. The van der Waals surface area contributed by atoms with Gasteiger partial charge in [0.1, 0.15) is 23.9 Å². The first-order valence-electron chi connectivity index (χ1n) is 25.3. The molecule has 356 valence electrons. The molecule has 4 aliphatic carbocycles. The number of hydrogen-bond donors (Lipinski definition) is 2. The fourth-order valence-corrected chi connectivity index (χ4v) is 11.8. The molecule has 0 aliphatic heterocycles. The van der Waals surface area contributed by atoms with Gasteiger partial charge in [-0.25, -0.2) is 9.59 Å². The average Bonchev–Trinajstić information content (AvgIpc) is 3.51. The van der Waals surface area contributed by atoms with Crippen LogP contribution in [-0.4, -0.2) is 72.4 Å². The van der Waals surface area contributed by atoms with Crippen molar-refractivity contribution in [2.45, 2.75) is 228 Å². The fourth-order valence-electron chi connectivity index (χ4n) is 11.8. The van der Waals surface area contributed by atoms with E-state index in [4.69, 9.17) is 14.2 Å². The maximum atomic E-state index is 13.6. The third-order valence-electron chi connectivity index (χ3n) is 15.1. The number of nitrogens with zero attached hydrogens (tertiary/aromatic N) is 1. The van der Waals surface area contributed by atoms with Gasteiger partial charge in [-0.15, -0.1) is 0 Å². The fraction of sp³-hybridized carbons (Fsp3) is 0.885. The Morgan fingerprint density at radius 3 is 1.98 bits per heavy atom. The monoisotopic (exact) mass is 870 g/mol. The maximum Gasteiger partial charge on any atom is 0.407 e. The predicted octanol–water partition coefficient (Wildman–Crippen LogP) is 12.5. The Labute approximate surface area is 377 Å².